The third-order valence-electron chi connectivity index (χ3n) is 3.51. The third-order valence-corrected chi connectivity index (χ3v) is 5.08. The summed E-state index contributed by atoms with van der Waals surface area (Å²) in [6.45, 7) is 4.67. The second kappa shape index (κ2) is 5.79. The predicted octanol–water partition coefficient (Wildman–Crippen LogP) is 3.59. The minimum absolute atomic E-state index is 0.0848. The summed E-state index contributed by atoms with van der Waals surface area (Å²) < 4.78 is 0.892. The second-order valence-electron chi connectivity index (χ2n) is 5.15. The van der Waals surface area contributed by atoms with Crippen LogP contribution < -0.4 is 0 Å². The molecule has 0 aliphatic carbocycles. The average molecular weight is 392 g/mol. The Balaban J connectivity index is 2.20. The van der Waals surface area contributed by atoms with Gasteiger partial charge in [-0.15, -0.1) is 0 Å². The molecule has 0 saturated carbocycles. The standard InChI is InChI=1S/C14H15ClINO2/c1-8(2)10-6-13(18)17(7-10)14(19)9-3-4-12(16)11(15)5-9/h3-5,8,10H,6-7H2,1-2H3. The van der Waals surface area contributed by atoms with Crippen molar-refractivity contribution in [1.82, 2.24) is 4.90 Å². The summed E-state index contributed by atoms with van der Waals surface area (Å²) in [5, 5.41) is 0.540. The molecule has 1 saturated heterocycles. The number of hydrogen-bond donors (Lipinski definition) is 0. The average Bonchev–Trinajstić information content (AvgIpc) is 2.74. The Labute approximate surface area is 131 Å². The normalized spacial score (nSPS) is 19.3. The highest BCUT2D eigenvalue weighted by atomic mass is 127. The van der Waals surface area contributed by atoms with Crippen LogP contribution in [0, 0.1) is 15.4 Å². The van der Waals surface area contributed by atoms with Crippen LogP contribution in [0.25, 0.3) is 0 Å². The first-order chi connectivity index (χ1) is 8.90. The van der Waals surface area contributed by atoms with Crippen molar-refractivity contribution in [2.45, 2.75) is 20.3 Å². The van der Waals surface area contributed by atoms with E-state index in [-0.39, 0.29) is 17.7 Å². The van der Waals surface area contributed by atoms with E-state index in [2.05, 4.69) is 36.4 Å². The van der Waals surface area contributed by atoms with Gasteiger partial charge < -0.3 is 0 Å². The van der Waals surface area contributed by atoms with E-state index in [1.807, 2.05) is 0 Å². The highest BCUT2D eigenvalue weighted by Gasteiger charge is 2.35. The van der Waals surface area contributed by atoms with Gasteiger partial charge in [0.25, 0.3) is 5.91 Å². The van der Waals surface area contributed by atoms with Gasteiger partial charge >= 0.3 is 0 Å². The molecule has 5 heteroatoms. The molecule has 0 bridgehead atoms. The van der Waals surface area contributed by atoms with Crippen molar-refractivity contribution in [1.29, 1.82) is 0 Å². The van der Waals surface area contributed by atoms with E-state index in [1.54, 1.807) is 18.2 Å². The van der Waals surface area contributed by atoms with Gasteiger partial charge in [-0.05, 0) is 52.6 Å². The fraction of sp³-hybridized carbons (Fsp3) is 0.429. The number of nitrogens with zero attached hydrogens (tertiary/aromatic N) is 1. The molecule has 0 radical (unpaired) electrons. The molecule has 1 aromatic rings. The molecule has 102 valence electrons. The molecule has 1 heterocycles. The van der Waals surface area contributed by atoms with Crippen molar-refractivity contribution in [2.24, 2.45) is 11.8 Å². The molecule has 1 fully saturated rings. The van der Waals surface area contributed by atoms with Gasteiger partial charge in [0, 0.05) is 22.1 Å². The van der Waals surface area contributed by atoms with Gasteiger partial charge in [0.15, 0.2) is 0 Å². The molecule has 0 spiro atoms. The number of hydrogen-bond acceptors (Lipinski definition) is 2. The Kier molecular flexibility index (Phi) is 4.50. The van der Waals surface area contributed by atoms with E-state index >= 15 is 0 Å². The Hall–Kier alpha value is -0.620. The van der Waals surface area contributed by atoms with Gasteiger partial charge in [-0.2, -0.15) is 0 Å². The fourth-order valence-corrected chi connectivity index (χ4v) is 2.68. The molecular formula is C14H15ClINO2. The number of likely N-dealkylation sites (tertiary alicyclic amines) is 1. The quantitative estimate of drug-likeness (QED) is 0.571. The zero-order valence-corrected chi connectivity index (χ0v) is 13.7. The van der Waals surface area contributed by atoms with Crippen LogP contribution in [0.4, 0.5) is 0 Å². The molecule has 2 amide bonds. The van der Waals surface area contributed by atoms with Crippen LogP contribution in [0.2, 0.25) is 5.02 Å². The van der Waals surface area contributed by atoms with Gasteiger partial charge in [-0.1, -0.05) is 25.4 Å². The molecule has 1 aliphatic heterocycles. The van der Waals surface area contributed by atoms with Crippen LogP contribution in [0.15, 0.2) is 18.2 Å². The highest BCUT2D eigenvalue weighted by Crippen LogP contribution is 2.27. The molecule has 19 heavy (non-hydrogen) atoms. The summed E-state index contributed by atoms with van der Waals surface area (Å²) in [5.41, 5.74) is 0.475. The lowest BCUT2D eigenvalue weighted by molar-refractivity contribution is -0.125. The summed E-state index contributed by atoms with van der Waals surface area (Å²) in [7, 11) is 0. The van der Waals surface area contributed by atoms with Crippen LogP contribution in [0.3, 0.4) is 0 Å². The smallest absolute Gasteiger partial charge is 0.260 e. The summed E-state index contributed by atoms with van der Waals surface area (Å²) in [6, 6.07) is 5.13. The maximum Gasteiger partial charge on any atom is 0.260 e. The topological polar surface area (TPSA) is 37.4 Å². The maximum atomic E-state index is 12.3. The lowest BCUT2D eigenvalue weighted by Gasteiger charge is -2.16. The third kappa shape index (κ3) is 3.11. The number of halogens is 2. The van der Waals surface area contributed by atoms with E-state index in [9.17, 15) is 9.59 Å². The van der Waals surface area contributed by atoms with Crippen molar-refractivity contribution in [2.75, 3.05) is 6.54 Å². The lowest BCUT2D eigenvalue weighted by Crippen LogP contribution is -2.32. The molecule has 2 rings (SSSR count). The number of carbonyl (C=O) groups is 2. The molecule has 1 unspecified atom stereocenters. The SMILES string of the molecule is CC(C)C1CC(=O)N(C(=O)c2ccc(I)c(Cl)c2)C1. The molecule has 3 nitrogen and oxygen atoms in total. The zero-order valence-electron chi connectivity index (χ0n) is 10.8. The lowest BCUT2D eigenvalue weighted by atomic mass is 9.95. The molecule has 1 atom stereocenters. The Morgan fingerprint density at radius 2 is 2.16 bits per heavy atom. The van der Waals surface area contributed by atoms with Crippen LogP contribution >= 0.6 is 34.2 Å². The van der Waals surface area contributed by atoms with Crippen molar-refractivity contribution in [3.63, 3.8) is 0 Å². The van der Waals surface area contributed by atoms with Crippen LogP contribution in [0.1, 0.15) is 30.6 Å². The van der Waals surface area contributed by atoms with E-state index < -0.39 is 0 Å². The number of benzene rings is 1. The molecular weight excluding hydrogens is 377 g/mol. The minimum Gasteiger partial charge on any atom is -0.278 e. The van der Waals surface area contributed by atoms with E-state index in [4.69, 9.17) is 11.6 Å². The first-order valence-electron chi connectivity index (χ1n) is 6.20. The molecule has 0 N–H and O–H groups in total. The van der Waals surface area contributed by atoms with Crippen LogP contribution in [0.5, 0.6) is 0 Å². The first kappa shape index (κ1) is 14.8. The molecule has 1 aliphatic rings. The van der Waals surface area contributed by atoms with Gasteiger partial charge in [0.2, 0.25) is 5.91 Å². The number of imide groups is 1. The van der Waals surface area contributed by atoms with Crippen molar-refractivity contribution in [3.8, 4) is 0 Å². The highest BCUT2D eigenvalue weighted by molar-refractivity contribution is 14.1. The number of amides is 2. The van der Waals surface area contributed by atoms with E-state index in [1.165, 1.54) is 4.90 Å². The molecule has 1 aromatic carbocycles. The first-order valence-corrected chi connectivity index (χ1v) is 7.65. The van der Waals surface area contributed by atoms with Crippen LogP contribution in [-0.2, 0) is 4.79 Å². The summed E-state index contributed by atoms with van der Waals surface area (Å²) >= 11 is 8.12. The van der Waals surface area contributed by atoms with Crippen LogP contribution in [-0.4, -0.2) is 23.3 Å². The Morgan fingerprint density at radius 1 is 1.47 bits per heavy atom. The fourth-order valence-electron chi connectivity index (χ4n) is 2.16. The van der Waals surface area contributed by atoms with Gasteiger partial charge in [-0.3, -0.25) is 14.5 Å². The summed E-state index contributed by atoms with van der Waals surface area (Å²) in [5.74, 6) is 0.336. The van der Waals surface area contributed by atoms with Crippen molar-refractivity contribution < 1.29 is 9.59 Å². The van der Waals surface area contributed by atoms with E-state index in [0.29, 0.717) is 29.5 Å². The van der Waals surface area contributed by atoms with Gasteiger partial charge in [-0.25, -0.2) is 0 Å². The van der Waals surface area contributed by atoms with Crippen molar-refractivity contribution in [3.05, 3.63) is 32.4 Å². The van der Waals surface area contributed by atoms with Gasteiger partial charge in [0.05, 0.1) is 5.02 Å². The molecule has 0 aromatic heterocycles. The Morgan fingerprint density at radius 3 is 2.68 bits per heavy atom. The monoisotopic (exact) mass is 391 g/mol. The number of carbonyl (C=O) groups excluding carboxylic acids is 2. The zero-order chi connectivity index (χ0) is 14.2. The Bertz CT molecular complexity index is 530. The van der Waals surface area contributed by atoms with E-state index in [0.717, 1.165) is 3.57 Å². The summed E-state index contributed by atoms with van der Waals surface area (Å²) in [6.07, 6.45) is 0.460. The second-order valence-corrected chi connectivity index (χ2v) is 6.72. The minimum atomic E-state index is -0.244. The number of rotatable bonds is 2. The summed E-state index contributed by atoms with van der Waals surface area (Å²) in [4.78, 5) is 25.6. The van der Waals surface area contributed by atoms with Crippen molar-refractivity contribution >= 4 is 46.0 Å². The van der Waals surface area contributed by atoms with Gasteiger partial charge in [0.1, 0.15) is 0 Å². The largest absolute Gasteiger partial charge is 0.278 e. The maximum absolute atomic E-state index is 12.3. The predicted molar refractivity (Wildman–Crippen MR) is 83.2 cm³/mol.